The van der Waals surface area contributed by atoms with Crippen molar-refractivity contribution >= 4 is 19.2 Å². The van der Waals surface area contributed by atoms with Crippen LogP contribution in [0, 0.1) is 0 Å². The first-order valence-corrected chi connectivity index (χ1v) is 10.9. The topological polar surface area (TPSA) is 79.8 Å². The SMILES string of the molecule is C=C1NC(=O)NC=C1[C@@H]1O[C@@]2(CCP(=C)(C)C)CCO[C@@H]1[C@@H]2O. The van der Waals surface area contributed by atoms with Gasteiger partial charge in [-0.05, 0) is 25.9 Å². The zero-order chi connectivity index (χ0) is 16.8. The highest BCUT2D eigenvalue weighted by molar-refractivity contribution is 7.72. The van der Waals surface area contributed by atoms with E-state index in [0.717, 1.165) is 18.2 Å². The standard InChI is InChI=1S/C16H25N2O4P/c1-10-11(9-17-15(20)18-10)12-13-14(19)16(22-12,5-7-21-13)6-8-23(2,3)4/h9,12-14,19H,1-2,5-8H2,3-4H3,(H2,17,18,20)/t12-,13-,14-,16+/m0/s1. The minimum Gasteiger partial charge on any atom is -0.387 e. The smallest absolute Gasteiger partial charge is 0.323 e. The number of hydrogen-bond acceptors (Lipinski definition) is 4. The predicted octanol–water partition coefficient (Wildman–Crippen LogP) is 1.08. The van der Waals surface area contributed by atoms with Crippen LogP contribution in [0.15, 0.2) is 24.0 Å². The zero-order valence-corrected chi connectivity index (χ0v) is 14.6. The lowest BCUT2D eigenvalue weighted by Gasteiger charge is -2.37. The van der Waals surface area contributed by atoms with Crippen LogP contribution in [0.2, 0.25) is 0 Å². The van der Waals surface area contributed by atoms with Crippen LogP contribution in [-0.2, 0) is 9.47 Å². The van der Waals surface area contributed by atoms with Gasteiger partial charge in [-0.1, -0.05) is 6.58 Å². The highest BCUT2D eigenvalue weighted by Crippen LogP contribution is 2.48. The van der Waals surface area contributed by atoms with E-state index >= 15 is 0 Å². The highest BCUT2D eigenvalue weighted by Gasteiger charge is 2.58. The fraction of sp³-hybridized carbons (Fsp3) is 0.625. The van der Waals surface area contributed by atoms with E-state index in [0.29, 0.717) is 18.7 Å². The van der Waals surface area contributed by atoms with Gasteiger partial charge in [0.1, 0.15) is 23.9 Å². The Labute approximate surface area is 136 Å². The van der Waals surface area contributed by atoms with Crippen LogP contribution in [0.4, 0.5) is 4.79 Å². The number of nitrogens with one attached hydrogen (secondary N) is 2. The van der Waals surface area contributed by atoms with Gasteiger partial charge in [-0.3, -0.25) is 0 Å². The van der Waals surface area contributed by atoms with Gasteiger partial charge in [0.25, 0.3) is 0 Å². The Hall–Kier alpha value is -1.07. The molecule has 6 nitrogen and oxygen atoms in total. The molecule has 0 saturated carbocycles. The van der Waals surface area contributed by atoms with Gasteiger partial charge >= 0.3 is 6.03 Å². The molecule has 3 heterocycles. The number of urea groups is 1. The molecule has 23 heavy (non-hydrogen) atoms. The molecule has 2 saturated heterocycles. The van der Waals surface area contributed by atoms with E-state index in [2.05, 4.69) is 36.8 Å². The minimum absolute atomic E-state index is 0.320. The van der Waals surface area contributed by atoms with Crippen LogP contribution >= 0.6 is 6.89 Å². The van der Waals surface area contributed by atoms with Gasteiger partial charge in [-0.25, -0.2) is 4.79 Å². The van der Waals surface area contributed by atoms with Crippen LogP contribution in [0.25, 0.3) is 0 Å². The molecule has 3 rings (SSSR count). The highest BCUT2D eigenvalue weighted by atomic mass is 31.2. The molecule has 3 aliphatic heterocycles. The zero-order valence-electron chi connectivity index (χ0n) is 13.7. The molecule has 4 atom stereocenters. The summed E-state index contributed by atoms with van der Waals surface area (Å²) in [6.07, 6.45) is 6.69. The molecule has 2 amide bonds. The Morgan fingerprint density at radius 1 is 1.52 bits per heavy atom. The first-order chi connectivity index (χ1) is 10.7. The molecule has 128 valence electrons. The molecule has 3 aliphatic rings. The maximum Gasteiger partial charge on any atom is 0.323 e. The van der Waals surface area contributed by atoms with Crippen molar-refractivity contribution in [1.29, 1.82) is 0 Å². The molecular weight excluding hydrogens is 315 g/mol. The Balaban J connectivity index is 1.84. The van der Waals surface area contributed by atoms with Gasteiger partial charge in [0.15, 0.2) is 0 Å². The molecule has 7 heteroatoms. The lowest BCUT2D eigenvalue weighted by molar-refractivity contribution is -0.119. The van der Waals surface area contributed by atoms with Crippen molar-refractivity contribution in [2.75, 3.05) is 26.1 Å². The van der Waals surface area contributed by atoms with Crippen molar-refractivity contribution in [3.8, 4) is 0 Å². The van der Waals surface area contributed by atoms with E-state index in [1.165, 1.54) is 0 Å². The Morgan fingerprint density at radius 2 is 2.26 bits per heavy atom. The molecule has 0 spiro atoms. The number of ether oxygens (including phenoxy) is 2. The average Bonchev–Trinajstić information content (AvgIpc) is 2.61. The summed E-state index contributed by atoms with van der Waals surface area (Å²) in [5.74, 6) is 0. The number of hydrogen-bond donors (Lipinski definition) is 3. The van der Waals surface area contributed by atoms with E-state index in [9.17, 15) is 9.90 Å². The number of amides is 2. The third-order valence-corrected chi connectivity index (χ3v) is 6.20. The molecule has 0 aliphatic carbocycles. The van der Waals surface area contributed by atoms with Crippen molar-refractivity contribution in [3.05, 3.63) is 24.0 Å². The van der Waals surface area contributed by atoms with Crippen LogP contribution in [0.5, 0.6) is 0 Å². The first-order valence-electron chi connectivity index (χ1n) is 7.84. The lowest BCUT2D eigenvalue weighted by Crippen LogP contribution is -2.49. The summed E-state index contributed by atoms with van der Waals surface area (Å²) in [5.41, 5.74) is 0.619. The van der Waals surface area contributed by atoms with E-state index in [-0.39, 0.29) is 6.03 Å². The van der Waals surface area contributed by atoms with E-state index in [1.54, 1.807) is 6.20 Å². The molecule has 2 bridgehead atoms. The van der Waals surface area contributed by atoms with Crippen molar-refractivity contribution in [3.63, 3.8) is 0 Å². The summed E-state index contributed by atoms with van der Waals surface area (Å²) in [5, 5.41) is 16.0. The summed E-state index contributed by atoms with van der Waals surface area (Å²) in [6.45, 7) is 7.61. The summed E-state index contributed by atoms with van der Waals surface area (Å²) in [6, 6.07) is -0.320. The quantitative estimate of drug-likeness (QED) is 0.669. The number of aliphatic hydroxyl groups is 1. The van der Waals surface area contributed by atoms with Crippen molar-refractivity contribution in [2.45, 2.75) is 36.8 Å². The number of fused-ring (bicyclic) bond motifs is 2. The fourth-order valence-electron chi connectivity index (χ4n) is 3.40. The van der Waals surface area contributed by atoms with Gasteiger partial charge in [0, 0.05) is 23.9 Å². The third kappa shape index (κ3) is 3.13. The monoisotopic (exact) mass is 340 g/mol. The first kappa shape index (κ1) is 16.8. The molecule has 0 aromatic rings. The molecule has 2 fully saturated rings. The molecular formula is C16H25N2O4P. The summed E-state index contributed by atoms with van der Waals surface area (Å²) < 4.78 is 12.1. The van der Waals surface area contributed by atoms with E-state index in [1.807, 2.05) is 0 Å². The normalized spacial score (nSPS) is 37.2. The van der Waals surface area contributed by atoms with Crippen LogP contribution in [-0.4, -0.2) is 67.4 Å². The van der Waals surface area contributed by atoms with Gasteiger partial charge in [-0.15, -0.1) is 13.2 Å². The summed E-state index contributed by atoms with van der Waals surface area (Å²) >= 11 is 0. The number of aliphatic hydroxyl groups excluding tert-OH is 1. The summed E-state index contributed by atoms with van der Waals surface area (Å²) in [4.78, 5) is 11.3. The van der Waals surface area contributed by atoms with Gasteiger partial charge in [0.05, 0.1) is 6.61 Å². The average molecular weight is 340 g/mol. The maximum absolute atomic E-state index is 11.3. The Bertz CT molecular complexity index is 611. The van der Waals surface area contributed by atoms with Crippen LogP contribution in [0.3, 0.4) is 0 Å². The van der Waals surface area contributed by atoms with Gasteiger partial charge in [0.2, 0.25) is 0 Å². The molecule has 0 aromatic heterocycles. The number of carbonyl (C=O) groups excluding carboxylic acids is 1. The van der Waals surface area contributed by atoms with E-state index in [4.69, 9.17) is 9.47 Å². The lowest BCUT2D eigenvalue weighted by atomic mass is 9.86. The Morgan fingerprint density at radius 3 is 2.91 bits per heavy atom. The molecule has 0 aromatic carbocycles. The van der Waals surface area contributed by atoms with Crippen molar-refractivity contribution in [1.82, 2.24) is 10.6 Å². The second kappa shape index (κ2) is 5.78. The van der Waals surface area contributed by atoms with Gasteiger partial charge < -0.3 is 25.2 Å². The minimum atomic E-state index is -1.20. The molecule has 3 N–H and O–H groups in total. The maximum atomic E-state index is 11.3. The summed E-state index contributed by atoms with van der Waals surface area (Å²) in [7, 11) is 0. The second-order valence-electron chi connectivity index (χ2n) is 7.22. The van der Waals surface area contributed by atoms with Crippen molar-refractivity contribution < 1.29 is 19.4 Å². The van der Waals surface area contributed by atoms with Gasteiger partial charge in [-0.2, -0.15) is 0 Å². The second-order valence-corrected chi connectivity index (χ2v) is 11.5. The Kier molecular flexibility index (Phi) is 4.21. The number of rotatable bonds is 4. The molecule has 0 radical (unpaired) electrons. The van der Waals surface area contributed by atoms with Crippen LogP contribution < -0.4 is 10.6 Å². The molecule has 0 unspecified atom stereocenters. The fourth-order valence-corrected chi connectivity index (χ4v) is 4.39. The van der Waals surface area contributed by atoms with Crippen LogP contribution in [0.1, 0.15) is 12.8 Å². The largest absolute Gasteiger partial charge is 0.387 e. The number of carbonyl (C=O) groups is 1. The van der Waals surface area contributed by atoms with Crippen molar-refractivity contribution in [2.24, 2.45) is 0 Å². The predicted molar refractivity (Wildman–Crippen MR) is 92.2 cm³/mol. The third-order valence-electron chi connectivity index (χ3n) is 4.76. The van der Waals surface area contributed by atoms with E-state index < -0.39 is 30.8 Å².